The van der Waals surface area contributed by atoms with Gasteiger partial charge in [0.2, 0.25) is 0 Å². The van der Waals surface area contributed by atoms with E-state index in [0.717, 1.165) is 9.13 Å². The standard InChI is InChI=1S/C15H13F2IO2/c16-15(17)20-13-3-1-2-11(9-13)14(19)8-10-4-6-12(18)7-5-10/h1-7,9,14-15,19H,8H2. The largest absolute Gasteiger partial charge is 0.435 e. The minimum absolute atomic E-state index is 0.0548. The molecule has 106 valence electrons. The lowest BCUT2D eigenvalue weighted by Gasteiger charge is -2.13. The summed E-state index contributed by atoms with van der Waals surface area (Å²) >= 11 is 2.21. The van der Waals surface area contributed by atoms with Crippen molar-refractivity contribution in [1.29, 1.82) is 0 Å². The van der Waals surface area contributed by atoms with Crippen molar-refractivity contribution in [3.05, 3.63) is 63.2 Å². The Morgan fingerprint density at radius 1 is 1.10 bits per heavy atom. The van der Waals surface area contributed by atoms with Crippen LogP contribution in [-0.4, -0.2) is 11.7 Å². The molecule has 1 N–H and O–H groups in total. The Kier molecular flexibility index (Phi) is 5.31. The van der Waals surface area contributed by atoms with E-state index in [2.05, 4.69) is 27.3 Å². The summed E-state index contributed by atoms with van der Waals surface area (Å²) < 4.78 is 29.7. The summed E-state index contributed by atoms with van der Waals surface area (Å²) in [6.45, 7) is -2.86. The van der Waals surface area contributed by atoms with Crippen molar-refractivity contribution >= 4 is 22.6 Å². The first-order chi connectivity index (χ1) is 9.54. The van der Waals surface area contributed by atoms with Crippen molar-refractivity contribution in [3.8, 4) is 5.75 Å². The van der Waals surface area contributed by atoms with Crippen LogP contribution >= 0.6 is 22.6 Å². The fraction of sp³-hybridized carbons (Fsp3) is 0.200. The number of aliphatic hydroxyl groups excluding tert-OH is 1. The average molecular weight is 390 g/mol. The van der Waals surface area contributed by atoms with E-state index in [0.29, 0.717) is 12.0 Å². The summed E-state index contributed by atoms with van der Waals surface area (Å²) in [5, 5.41) is 10.2. The average Bonchev–Trinajstić information content (AvgIpc) is 2.41. The summed E-state index contributed by atoms with van der Waals surface area (Å²) in [6.07, 6.45) is -0.328. The van der Waals surface area contributed by atoms with Crippen LogP contribution in [0.15, 0.2) is 48.5 Å². The van der Waals surface area contributed by atoms with E-state index < -0.39 is 12.7 Å². The Balaban J connectivity index is 2.08. The van der Waals surface area contributed by atoms with Crippen LogP contribution in [0.4, 0.5) is 8.78 Å². The molecule has 1 unspecified atom stereocenters. The third-order valence-electron chi connectivity index (χ3n) is 2.81. The van der Waals surface area contributed by atoms with Gasteiger partial charge in [-0.3, -0.25) is 0 Å². The van der Waals surface area contributed by atoms with Crippen LogP contribution in [-0.2, 0) is 6.42 Å². The Morgan fingerprint density at radius 3 is 2.45 bits per heavy atom. The molecule has 2 aromatic carbocycles. The number of halogens is 3. The van der Waals surface area contributed by atoms with Crippen LogP contribution in [0.1, 0.15) is 17.2 Å². The van der Waals surface area contributed by atoms with Crippen LogP contribution in [0, 0.1) is 3.57 Å². The van der Waals surface area contributed by atoms with Gasteiger partial charge in [0.1, 0.15) is 5.75 Å². The molecule has 5 heteroatoms. The lowest BCUT2D eigenvalue weighted by molar-refractivity contribution is -0.0499. The van der Waals surface area contributed by atoms with E-state index in [4.69, 9.17) is 0 Å². The van der Waals surface area contributed by atoms with Gasteiger partial charge in [-0.2, -0.15) is 8.78 Å². The maximum absolute atomic E-state index is 12.2. The van der Waals surface area contributed by atoms with E-state index in [-0.39, 0.29) is 5.75 Å². The maximum atomic E-state index is 12.2. The molecule has 20 heavy (non-hydrogen) atoms. The van der Waals surface area contributed by atoms with Crippen LogP contribution in [0.5, 0.6) is 5.75 Å². The Morgan fingerprint density at radius 2 is 1.80 bits per heavy atom. The third-order valence-corrected chi connectivity index (χ3v) is 3.53. The van der Waals surface area contributed by atoms with Gasteiger partial charge in [0, 0.05) is 9.99 Å². The first-order valence-electron chi connectivity index (χ1n) is 6.02. The molecule has 0 heterocycles. The van der Waals surface area contributed by atoms with Crippen LogP contribution < -0.4 is 4.74 Å². The second kappa shape index (κ2) is 6.99. The highest BCUT2D eigenvalue weighted by Crippen LogP contribution is 2.23. The van der Waals surface area contributed by atoms with Gasteiger partial charge in [0.25, 0.3) is 0 Å². The SMILES string of the molecule is OC(Cc1ccc(I)cc1)c1cccc(OC(F)F)c1. The molecule has 0 radical (unpaired) electrons. The zero-order chi connectivity index (χ0) is 14.5. The van der Waals surface area contributed by atoms with Gasteiger partial charge in [0.05, 0.1) is 6.10 Å². The molecule has 0 fully saturated rings. The smallest absolute Gasteiger partial charge is 0.387 e. The van der Waals surface area contributed by atoms with Crippen molar-refractivity contribution in [2.24, 2.45) is 0 Å². The van der Waals surface area contributed by atoms with Crippen LogP contribution in [0.3, 0.4) is 0 Å². The van der Waals surface area contributed by atoms with Gasteiger partial charge in [0.15, 0.2) is 0 Å². The van der Waals surface area contributed by atoms with Gasteiger partial charge >= 0.3 is 6.61 Å². The van der Waals surface area contributed by atoms with Gasteiger partial charge < -0.3 is 9.84 Å². The molecular weight excluding hydrogens is 377 g/mol. The van der Waals surface area contributed by atoms with E-state index in [1.54, 1.807) is 12.1 Å². The second-order valence-electron chi connectivity index (χ2n) is 4.30. The number of hydrogen-bond donors (Lipinski definition) is 1. The molecule has 0 saturated carbocycles. The molecule has 1 atom stereocenters. The molecule has 0 amide bonds. The van der Waals surface area contributed by atoms with E-state index >= 15 is 0 Å². The number of benzene rings is 2. The number of rotatable bonds is 5. The van der Waals surface area contributed by atoms with Crippen molar-refractivity contribution in [2.75, 3.05) is 0 Å². The Labute approximate surface area is 129 Å². The molecule has 0 aliphatic rings. The van der Waals surface area contributed by atoms with Crippen molar-refractivity contribution < 1.29 is 18.6 Å². The fourth-order valence-corrected chi connectivity index (χ4v) is 2.22. The predicted molar refractivity (Wildman–Crippen MR) is 80.9 cm³/mol. The van der Waals surface area contributed by atoms with Gasteiger partial charge in [-0.05, 0) is 58.0 Å². The highest BCUT2D eigenvalue weighted by Gasteiger charge is 2.11. The van der Waals surface area contributed by atoms with Crippen molar-refractivity contribution in [3.63, 3.8) is 0 Å². The third kappa shape index (κ3) is 4.42. The molecule has 0 saturated heterocycles. The van der Waals surface area contributed by atoms with Crippen LogP contribution in [0.2, 0.25) is 0 Å². The topological polar surface area (TPSA) is 29.5 Å². The monoisotopic (exact) mass is 390 g/mol. The highest BCUT2D eigenvalue weighted by molar-refractivity contribution is 14.1. The molecule has 0 spiro atoms. The molecule has 0 aromatic heterocycles. The number of alkyl halides is 2. The fourth-order valence-electron chi connectivity index (χ4n) is 1.86. The maximum Gasteiger partial charge on any atom is 0.387 e. The number of aliphatic hydroxyl groups is 1. The predicted octanol–water partition coefficient (Wildman–Crippen LogP) is 4.17. The molecular formula is C15H13F2IO2. The summed E-state index contributed by atoms with van der Waals surface area (Å²) in [7, 11) is 0. The summed E-state index contributed by atoms with van der Waals surface area (Å²) in [5.41, 5.74) is 1.54. The quantitative estimate of drug-likeness (QED) is 0.777. The Bertz CT molecular complexity index is 558. The first kappa shape index (κ1) is 15.2. The molecule has 2 rings (SSSR count). The first-order valence-corrected chi connectivity index (χ1v) is 7.10. The molecule has 0 aliphatic carbocycles. The van der Waals surface area contributed by atoms with Crippen molar-refractivity contribution in [2.45, 2.75) is 19.1 Å². The molecule has 0 aliphatic heterocycles. The van der Waals surface area contributed by atoms with Crippen molar-refractivity contribution in [1.82, 2.24) is 0 Å². The minimum Gasteiger partial charge on any atom is -0.435 e. The van der Waals surface area contributed by atoms with E-state index in [9.17, 15) is 13.9 Å². The zero-order valence-corrected chi connectivity index (χ0v) is 12.6. The van der Waals surface area contributed by atoms with Crippen LogP contribution in [0.25, 0.3) is 0 Å². The van der Waals surface area contributed by atoms with E-state index in [1.807, 2.05) is 24.3 Å². The summed E-state index contributed by atoms with van der Waals surface area (Å²) in [6, 6.07) is 13.9. The number of ether oxygens (including phenoxy) is 1. The second-order valence-corrected chi connectivity index (χ2v) is 5.54. The minimum atomic E-state index is -2.86. The van der Waals surface area contributed by atoms with Gasteiger partial charge in [-0.1, -0.05) is 24.3 Å². The van der Waals surface area contributed by atoms with E-state index in [1.165, 1.54) is 12.1 Å². The highest BCUT2D eigenvalue weighted by atomic mass is 127. The molecule has 0 bridgehead atoms. The van der Waals surface area contributed by atoms with Gasteiger partial charge in [-0.15, -0.1) is 0 Å². The Hall–Kier alpha value is -1.21. The molecule has 2 nitrogen and oxygen atoms in total. The summed E-state index contributed by atoms with van der Waals surface area (Å²) in [5.74, 6) is 0.0548. The summed E-state index contributed by atoms with van der Waals surface area (Å²) in [4.78, 5) is 0. The van der Waals surface area contributed by atoms with Gasteiger partial charge in [-0.25, -0.2) is 0 Å². The zero-order valence-electron chi connectivity index (χ0n) is 10.5. The number of hydrogen-bond acceptors (Lipinski definition) is 2. The lowest BCUT2D eigenvalue weighted by Crippen LogP contribution is -2.05. The lowest BCUT2D eigenvalue weighted by atomic mass is 10.0. The molecule has 2 aromatic rings. The normalized spacial score (nSPS) is 12.4.